The number of anilines is 1. The molecular formula is C24H27N5O4. The Morgan fingerprint density at radius 1 is 1.18 bits per heavy atom. The summed E-state index contributed by atoms with van der Waals surface area (Å²) in [4.78, 5) is 24.6. The van der Waals surface area contributed by atoms with E-state index in [-0.39, 0.29) is 22.7 Å². The molecule has 1 fully saturated rings. The monoisotopic (exact) mass is 449 g/mol. The van der Waals surface area contributed by atoms with Crippen LogP contribution < -0.4 is 21.5 Å². The van der Waals surface area contributed by atoms with E-state index in [1.165, 1.54) is 7.11 Å². The first kappa shape index (κ1) is 22.3. The molecule has 9 heteroatoms. The van der Waals surface area contributed by atoms with Crippen LogP contribution in [0, 0.1) is 5.41 Å². The van der Waals surface area contributed by atoms with Crippen molar-refractivity contribution in [2.75, 3.05) is 26.1 Å². The SMILES string of the molecule is COc1ccccc1C(=O)NCc1ccc(-c2nn(CC3(C)COC3)c(N)c2C(N)=O)cc1. The summed E-state index contributed by atoms with van der Waals surface area (Å²) in [6.45, 7) is 4.17. The number of ether oxygens (including phenoxy) is 2. The highest BCUT2D eigenvalue weighted by molar-refractivity contribution is 6.03. The van der Waals surface area contributed by atoms with Gasteiger partial charge in [0.25, 0.3) is 11.8 Å². The molecule has 1 aliphatic rings. The van der Waals surface area contributed by atoms with Gasteiger partial charge in [-0.25, -0.2) is 4.68 Å². The molecule has 4 rings (SSSR count). The number of primary amides is 1. The van der Waals surface area contributed by atoms with Crippen LogP contribution in [0.3, 0.4) is 0 Å². The maximum Gasteiger partial charge on any atom is 0.255 e. The molecule has 0 aliphatic carbocycles. The van der Waals surface area contributed by atoms with Gasteiger partial charge >= 0.3 is 0 Å². The molecule has 0 bridgehead atoms. The second-order valence-electron chi connectivity index (χ2n) is 8.51. The van der Waals surface area contributed by atoms with Crippen LogP contribution in [0.4, 0.5) is 5.82 Å². The molecule has 9 nitrogen and oxygen atoms in total. The van der Waals surface area contributed by atoms with Crippen LogP contribution >= 0.6 is 0 Å². The van der Waals surface area contributed by atoms with Crippen molar-refractivity contribution in [2.45, 2.75) is 20.0 Å². The van der Waals surface area contributed by atoms with E-state index in [2.05, 4.69) is 17.3 Å². The zero-order chi connectivity index (χ0) is 23.6. The van der Waals surface area contributed by atoms with Gasteiger partial charge in [-0.1, -0.05) is 43.3 Å². The summed E-state index contributed by atoms with van der Waals surface area (Å²) in [6.07, 6.45) is 0. The average molecular weight is 450 g/mol. The molecule has 1 aromatic heterocycles. The number of hydrogen-bond donors (Lipinski definition) is 3. The largest absolute Gasteiger partial charge is 0.496 e. The van der Waals surface area contributed by atoms with Crippen molar-refractivity contribution in [1.82, 2.24) is 15.1 Å². The predicted molar refractivity (Wildman–Crippen MR) is 124 cm³/mol. The zero-order valence-corrected chi connectivity index (χ0v) is 18.6. The molecule has 2 aromatic carbocycles. The molecule has 0 radical (unpaired) electrons. The smallest absolute Gasteiger partial charge is 0.255 e. The second kappa shape index (κ2) is 8.95. The first-order chi connectivity index (χ1) is 15.8. The fourth-order valence-electron chi connectivity index (χ4n) is 3.83. The molecule has 172 valence electrons. The minimum absolute atomic E-state index is 0.0736. The molecule has 1 aliphatic heterocycles. The molecule has 3 aromatic rings. The Balaban J connectivity index is 1.51. The van der Waals surface area contributed by atoms with Crippen LogP contribution in [0.25, 0.3) is 11.3 Å². The van der Waals surface area contributed by atoms with Gasteiger partial charge in [0, 0.05) is 17.5 Å². The molecule has 5 N–H and O–H groups in total. The molecule has 33 heavy (non-hydrogen) atoms. The second-order valence-corrected chi connectivity index (χ2v) is 8.51. The number of para-hydroxylation sites is 1. The first-order valence-electron chi connectivity index (χ1n) is 10.6. The summed E-state index contributed by atoms with van der Waals surface area (Å²) in [5.74, 6) is -0.0944. The van der Waals surface area contributed by atoms with Gasteiger partial charge in [-0.2, -0.15) is 5.10 Å². The number of aromatic nitrogens is 2. The minimum Gasteiger partial charge on any atom is -0.496 e. The van der Waals surface area contributed by atoms with E-state index in [0.717, 1.165) is 5.56 Å². The molecular weight excluding hydrogens is 422 g/mol. The number of nitrogens with one attached hydrogen (secondary N) is 1. The molecule has 2 heterocycles. The fraction of sp³-hybridized carbons (Fsp3) is 0.292. The third kappa shape index (κ3) is 4.54. The van der Waals surface area contributed by atoms with Crippen LogP contribution in [0.2, 0.25) is 0 Å². The topological polar surface area (TPSA) is 134 Å². The Kier molecular flexibility index (Phi) is 6.06. The van der Waals surface area contributed by atoms with Crippen molar-refractivity contribution < 1.29 is 19.1 Å². The molecule has 0 unspecified atom stereocenters. The Morgan fingerprint density at radius 2 is 1.88 bits per heavy atom. The number of nitrogens with two attached hydrogens (primary N) is 2. The van der Waals surface area contributed by atoms with E-state index in [9.17, 15) is 9.59 Å². The van der Waals surface area contributed by atoms with Crippen LogP contribution in [0.5, 0.6) is 5.75 Å². The highest BCUT2D eigenvalue weighted by Gasteiger charge is 2.35. The van der Waals surface area contributed by atoms with Gasteiger partial charge in [-0.05, 0) is 17.7 Å². The Morgan fingerprint density at radius 3 is 2.48 bits per heavy atom. The predicted octanol–water partition coefficient (Wildman–Crippen LogP) is 2.21. The summed E-state index contributed by atoms with van der Waals surface area (Å²) in [5.41, 5.74) is 14.5. The molecule has 0 saturated carbocycles. The molecule has 0 spiro atoms. The normalized spacial score (nSPS) is 14.4. The van der Waals surface area contributed by atoms with Gasteiger partial charge in [0.05, 0.1) is 32.4 Å². The highest BCUT2D eigenvalue weighted by atomic mass is 16.5. The van der Waals surface area contributed by atoms with Crippen LogP contribution in [0.1, 0.15) is 33.2 Å². The van der Waals surface area contributed by atoms with Gasteiger partial charge in [0.15, 0.2) is 0 Å². The van der Waals surface area contributed by atoms with Gasteiger partial charge in [0.1, 0.15) is 22.8 Å². The Bertz CT molecular complexity index is 1180. The van der Waals surface area contributed by atoms with Crippen molar-refractivity contribution >= 4 is 17.6 Å². The van der Waals surface area contributed by atoms with E-state index in [0.29, 0.717) is 48.9 Å². The van der Waals surface area contributed by atoms with Gasteiger partial charge in [-0.15, -0.1) is 0 Å². The molecule has 0 atom stereocenters. The first-order valence-corrected chi connectivity index (χ1v) is 10.6. The summed E-state index contributed by atoms with van der Waals surface area (Å²) < 4.78 is 12.2. The number of rotatable bonds is 8. The van der Waals surface area contributed by atoms with Crippen molar-refractivity contribution in [2.24, 2.45) is 11.1 Å². The lowest BCUT2D eigenvalue weighted by Crippen LogP contribution is -2.43. The van der Waals surface area contributed by atoms with Crippen LogP contribution in [-0.4, -0.2) is 41.9 Å². The van der Waals surface area contributed by atoms with E-state index >= 15 is 0 Å². The van der Waals surface area contributed by atoms with Crippen molar-refractivity contribution in [3.63, 3.8) is 0 Å². The summed E-state index contributed by atoms with van der Waals surface area (Å²) in [7, 11) is 1.53. The highest BCUT2D eigenvalue weighted by Crippen LogP contribution is 2.33. The standard InChI is InChI=1S/C24H27N5O4/c1-24(13-33-14-24)12-29-21(25)19(22(26)30)20(28-29)16-9-7-15(8-10-16)11-27-23(31)17-5-3-4-6-18(17)32-2/h3-10H,11-14,25H2,1-2H3,(H2,26,30)(H,27,31). The van der Waals surface area contributed by atoms with E-state index < -0.39 is 5.91 Å². The quantitative estimate of drug-likeness (QED) is 0.483. The number of nitrogens with zero attached hydrogens (tertiary/aromatic N) is 2. The van der Waals surface area contributed by atoms with Crippen molar-refractivity contribution in [3.8, 4) is 17.0 Å². The average Bonchev–Trinajstić information content (AvgIpc) is 3.12. The minimum atomic E-state index is -0.628. The Hall–Kier alpha value is -3.85. The molecule has 2 amide bonds. The number of nitrogen functional groups attached to an aromatic ring is 1. The lowest BCUT2D eigenvalue weighted by molar-refractivity contribution is -0.111. The van der Waals surface area contributed by atoms with Gasteiger partial charge < -0.3 is 26.3 Å². The van der Waals surface area contributed by atoms with E-state index in [1.54, 1.807) is 22.9 Å². The van der Waals surface area contributed by atoms with Crippen molar-refractivity contribution in [1.29, 1.82) is 0 Å². The number of amides is 2. The lowest BCUT2D eigenvalue weighted by Gasteiger charge is -2.37. The van der Waals surface area contributed by atoms with Gasteiger partial charge in [-0.3, -0.25) is 9.59 Å². The summed E-state index contributed by atoms with van der Waals surface area (Å²) in [6, 6.07) is 14.4. The van der Waals surface area contributed by atoms with E-state index in [4.69, 9.17) is 20.9 Å². The number of carbonyl (C=O) groups excluding carboxylic acids is 2. The Labute approximate surface area is 191 Å². The van der Waals surface area contributed by atoms with E-state index in [1.807, 2.05) is 30.3 Å². The number of hydrogen-bond acceptors (Lipinski definition) is 6. The number of carbonyl (C=O) groups is 2. The van der Waals surface area contributed by atoms with Crippen LogP contribution in [-0.2, 0) is 17.8 Å². The third-order valence-corrected chi connectivity index (χ3v) is 5.70. The summed E-state index contributed by atoms with van der Waals surface area (Å²) >= 11 is 0. The maximum absolute atomic E-state index is 12.5. The van der Waals surface area contributed by atoms with Gasteiger partial charge in [0.2, 0.25) is 0 Å². The molecule has 1 saturated heterocycles. The van der Waals surface area contributed by atoms with Crippen molar-refractivity contribution in [3.05, 3.63) is 65.2 Å². The summed E-state index contributed by atoms with van der Waals surface area (Å²) in [5, 5.41) is 7.47. The number of methoxy groups -OCH3 is 1. The fourth-order valence-corrected chi connectivity index (χ4v) is 3.83. The maximum atomic E-state index is 12.5. The zero-order valence-electron chi connectivity index (χ0n) is 18.6. The lowest BCUT2D eigenvalue weighted by atomic mass is 9.89. The third-order valence-electron chi connectivity index (χ3n) is 5.70. The number of benzene rings is 2. The van der Waals surface area contributed by atoms with Crippen LogP contribution in [0.15, 0.2) is 48.5 Å².